The van der Waals surface area contributed by atoms with Crippen LogP contribution >= 0.6 is 22.8 Å². The van der Waals surface area contributed by atoms with Crippen molar-refractivity contribution >= 4 is 30.0 Å². The van der Waals surface area contributed by atoms with E-state index in [4.69, 9.17) is 11.6 Å². The molecule has 1 heterocycles. The highest BCUT2D eigenvalue weighted by Gasteiger charge is 2.44. The highest BCUT2D eigenvalue weighted by molar-refractivity contribution is 8.29. The lowest BCUT2D eigenvalue weighted by atomic mass is 10.1. The van der Waals surface area contributed by atoms with Gasteiger partial charge in [-0.15, -0.1) is 11.2 Å². The van der Waals surface area contributed by atoms with E-state index in [1.807, 2.05) is 24.0 Å². The molecule has 25 heavy (non-hydrogen) atoms. The van der Waals surface area contributed by atoms with Crippen LogP contribution in [0.4, 0.5) is 0 Å². The predicted octanol–water partition coefficient (Wildman–Crippen LogP) is 7.32. The van der Waals surface area contributed by atoms with E-state index in [0.29, 0.717) is 16.6 Å². The van der Waals surface area contributed by atoms with Gasteiger partial charge in [0, 0.05) is 17.5 Å². The Kier molecular flexibility index (Phi) is 6.50. The lowest BCUT2D eigenvalue weighted by Gasteiger charge is -2.42. The van der Waals surface area contributed by atoms with Crippen molar-refractivity contribution < 1.29 is 0 Å². The molecule has 2 aromatic rings. The standard InChI is InChI=1S/C20H31ClN2SSi/c1-13(2)25(14(3)4,15(5)6)24-19-12-22-23(8)20(19)17-10-9-16(7)11-18(17)21/h9-15H,1-8H3. The molecule has 2 nitrogen and oxygen atoms in total. The molecule has 0 atom stereocenters. The topological polar surface area (TPSA) is 17.8 Å². The van der Waals surface area contributed by atoms with Crippen molar-refractivity contribution in [3.63, 3.8) is 0 Å². The fourth-order valence-electron chi connectivity index (χ4n) is 4.16. The molecule has 0 radical (unpaired) electrons. The quantitative estimate of drug-likeness (QED) is 0.477. The summed E-state index contributed by atoms with van der Waals surface area (Å²) in [4.78, 5) is 1.27. The van der Waals surface area contributed by atoms with Crippen molar-refractivity contribution in [2.24, 2.45) is 7.05 Å². The molecule has 1 aromatic heterocycles. The molecule has 2 rings (SSSR count). The van der Waals surface area contributed by atoms with Gasteiger partial charge in [0.15, 0.2) is 0 Å². The average Bonchev–Trinajstić information content (AvgIpc) is 2.84. The maximum absolute atomic E-state index is 6.58. The van der Waals surface area contributed by atoms with E-state index < -0.39 is 7.22 Å². The number of hydrogen-bond acceptors (Lipinski definition) is 2. The van der Waals surface area contributed by atoms with Gasteiger partial charge in [0.05, 0.1) is 16.9 Å². The first-order chi connectivity index (χ1) is 11.6. The summed E-state index contributed by atoms with van der Waals surface area (Å²) in [6.07, 6.45) is 2.03. The Morgan fingerprint density at radius 2 is 1.60 bits per heavy atom. The van der Waals surface area contributed by atoms with Gasteiger partial charge in [-0.1, -0.05) is 65.3 Å². The highest BCUT2D eigenvalue weighted by Crippen LogP contribution is 2.53. The third kappa shape index (κ3) is 3.86. The Balaban J connectivity index is 2.58. The maximum atomic E-state index is 6.58. The van der Waals surface area contributed by atoms with Gasteiger partial charge in [-0.3, -0.25) is 4.68 Å². The zero-order valence-corrected chi connectivity index (χ0v) is 19.3. The number of nitrogens with zero attached hydrogens (tertiary/aromatic N) is 2. The van der Waals surface area contributed by atoms with E-state index >= 15 is 0 Å². The first kappa shape index (κ1) is 20.6. The van der Waals surface area contributed by atoms with Gasteiger partial charge in [-0.25, -0.2) is 0 Å². The summed E-state index contributed by atoms with van der Waals surface area (Å²) in [6.45, 7) is 16.5. The monoisotopic (exact) mass is 394 g/mol. The molecule has 0 unspecified atom stereocenters. The third-order valence-corrected chi connectivity index (χ3v) is 17.8. The number of benzene rings is 1. The fourth-order valence-corrected chi connectivity index (χ4v) is 13.7. The number of halogens is 1. The van der Waals surface area contributed by atoms with Crippen LogP contribution in [0.1, 0.15) is 47.1 Å². The van der Waals surface area contributed by atoms with Gasteiger partial charge < -0.3 is 0 Å². The van der Waals surface area contributed by atoms with Gasteiger partial charge in [-0.2, -0.15) is 5.10 Å². The predicted molar refractivity (Wildman–Crippen MR) is 115 cm³/mol. The molecule has 5 heteroatoms. The van der Waals surface area contributed by atoms with Crippen molar-refractivity contribution in [2.75, 3.05) is 0 Å². The highest BCUT2D eigenvalue weighted by atomic mass is 35.5. The summed E-state index contributed by atoms with van der Waals surface area (Å²) < 4.78 is 1.97. The molecule has 0 aliphatic carbocycles. The molecule has 0 bridgehead atoms. The summed E-state index contributed by atoms with van der Waals surface area (Å²) in [7, 11) is 0.385. The van der Waals surface area contributed by atoms with Crippen LogP contribution in [0.2, 0.25) is 21.6 Å². The molecule has 0 aliphatic heterocycles. The van der Waals surface area contributed by atoms with E-state index in [1.54, 1.807) is 0 Å². The molecular formula is C20H31ClN2SSi. The molecule has 0 N–H and O–H groups in total. The second-order valence-electron chi connectivity index (χ2n) is 7.88. The summed E-state index contributed by atoms with van der Waals surface area (Å²) in [6, 6.07) is 6.29. The van der Waals surface area contributed by atoms with Gasteiger partial charge >= 0.3 is 0 Å². The lowest BCUT2D eigenvalue weighted by molar-refractivity contribution is 0.775. The Morgan fingerprint density at radius 3 is 2.08 bits per heavy atom. The van der Waals surface area contributed by atoms with Crippen LogP contribution in [0, 0.1) is 6.92 Å². The second kappa shape index (κ2) is 7.89. The zero-order valence-electron chi connectivity index (χ0n) is 16.7. The van der Waals surface area contributed by atoms with E-state index in [2.05, 4.69) is 76.9 Å². The van der Waals surface area contributed by atoms with E-state index in [1.165, 1.54) is 10.5 Å². The largest absolute Gasteiger partial charge is 0.267 e. The number of aromatic nitrogens is 2. The van der Waals surface area contributed by atoms with Gasteiger partial charge in [0.2, 0.25) is 0 Å². The summed E-state index contributed by atoms with van der Waals surface area (Å²) >= 11 is 8.70. The first-order valence-electron chi connectivity index (χ1n) is 9.08. The second-order valence-corrected chi connectivity index (χ2v) is 16.8. The number of rotatable bonds is 6. The zero-order chi connectivity index (χ0) is 18.9. The molecule has 0 amide bonds. The Hall–Kier alpha value is -0.713. The van der Waals surface area contributed by atoms with Crippen molar-refractivity contribution in [3.05, 3.63) is 35.0 Å². The number of aryl methyl sites for hydroxylation is 2. The van der Waals surface area contributed by atoms with Crippen molar-refractivity contribution in [3.8, 4) is 11.3 Å². The van der Waals surface area contributed by atoms with Gasteiger partial charge in [0.25, 0.3) is 0 Å². The molecule has 0 saturated carbocycles. The van der Waals surface area contributed by atoms with Crippen LogP contribution < -0.4 is 0 Å². The van der Waals surface area contributed by atoms with Crippen LogP contribution in [0.15, 0.2) is 29.3 Å². The average molecular weight is 395 g/mol. The minimum Gasteiger partial charge on any atom is -0.267 e. The minimum absolute atomic E-state index is 0.694. The summed E-state index contributed by atoms with van der Waals surface area (Å²) in [5.74, 6) is 0. The molecule has 1 aromatic carbocycles. The normalized spacial score (nSPS) is 12.6. The molecule has 0 aliphatic rings. The van der Waals surface area contributed by atoms with E-state index in [9.17, 15) is 0 Å². The van der Waals surface area contributed by atoms with Crippen LogP contribution in [-0.2, 0) is 7.05 Å². The Bertz CT molecular complexity index is 716. The molecule has 138 valence electrons. The van der Waals surface area contributed by atoms with E-state index in [-0.39, 0.29) is 0 Å². The third-order valence-electron chi connectivity index (χ3n) is 5.28. The van der Waals surface area contributed by atoms with Crippen LogP contribution in [0.25, 0.3) is 11.3 Å². The Morgan fingerprint density at radius 1 is 1.04 bits per heavy atom. The first-order valence-corrected chi connectivity index (χ1v) is 13.2. The van der Waals surface area contributed by atoms with E-state index in [0.717, 1.165) is 16.3 Å². The summed E-state index contributed by atoms with van der Waals surface area (Å²) in [5.41, 5.74) is 5.49. The van der Waals surface area contributed by atoms with Crippen LogP contribution in [0.5, 0.6) is 0 Å². The molecule has 0 fully saturated rings. The molecular weight excluding hydrogens is 364 g/mol. The van der Waals surface area contributed by atoms with Crippen LogP contribution in [0.3, 0.4) is 0 Å². The SMILES string of the molecule is Cc1ccc(-c2c(S[Si](C(C)C)(C(C)C)C(C)C)cnn2C)c(Cl)c1. The maximum Gasteiger partial charge on any atom is 0.131 e. The molecule has 0 spiro atoms. The smallest absolute Gasteiger partial charge is 0.131 e. The van der Waals surface area contributed by atoms with Crippen molar-refractivity contribution in [1.29, 1.82) is 0 Å². The Labute approximate surface area is 163 Å². The van der Waals surface area contributed by atoms with Gasteiger partial charge in [-0.05, 0) is 35.2 Å². The number of hydrogen-bond donors (Lipinski definition) is 0. The minimum atomic E-state index is -1.63. The molecule has 0 saturated heterocycles. The van der Waals surface area contributed by atoms with Crippen molar-refractivity contribution in [2.45, 2.75) is 70.0 Å². The fraction of sp³-hybridized carbons (Fsp3) is 0.550. The van der Waals surface area contributed by atoms with Gasteiger partial charge in [0.1, 0.15) is 7.22 Å². The summed E-state index contributed by atoms with van der Waals surface area (Å²) in [5, 5.41) is 5.38. The van der Waals surface area contributed by atoms with Crippen LogP contribution in [-0.4, -0.2) is 17.0 Å². The van der Waals surface area contributed by atoms with Crippen molar-refractivity contribution in [1.82, 2.24) is 9.78 Å². The lowest BCUT2D eigenvalue weighted by Crippen LogP contribution is -2.41.